The van der Waals surface area contributed by atoms with Crippen LogP contribution in [0.2, 0.25) is 0 Å². The lowest BCUT2D eigenvalue weighted by Gasteiger charge is -2.11. The monoisotopic (exact) mass is 392 g/mol. The van der Waals surface area contributed by atoms with Gasteiger partial charge in [-0.05, 0) is 17.7 Å². The predicted molar refractivity (Wildman–Crippen MR) is 109 cm³/mol. The number of aromatic nitrogens is 4. The first-order chi connectivity index (χ1) is 14.0. The van der Waals surface area contributed by atoms with Gasteiger partial charge in [0.05, 0.1) is 13.7 Å². The number of hydrogen-bond acceptors (Lipinski definition) is 5. The highest BCUT2D eigenvalue weighted by molar-refractivity contribution is 5.72. The van der Waals surface area contributed by atoms with Crippen molar-refractivity contribution in [1.82, 2.24) is 18.7 Å². The Balaban J connectivity index is 1.93. The van der Waals surface area contributed by atoms with Crippen molar-refractivity contribution in [3.05, 3.63) is 81.0 Å². The molecule has 4 rings (SSSR count). The molecule has 0 saturated heterocycles. The summed E-state index contributed by atoms with van der Waals surface area (Å²) < 4.78 is 15.3. The van der Waals surface area contributed by atoms with Crippen molar-refractivity contribution in [2.24, 2.45) is 14.1 Å². The second kappa shape index (κ2) is 7.31. The van der Waals surface area contributed by atoms with Gasteiger partial charge < -0.3 is 9.47 Å². The molecule has 8 nitrogen and oxygen atoms in total. The van der Waals surface area contributed by atoms with Gasteiger partial charge in [0.15, 0.2) is 11.2 Å². The normalized spacial score (nSPS) is 11.0. The smallest absolute Gasteiger partial charge is 0.332 e. The number of ether oxygens (including phenoxy) is 2. The zero-order valence-electron chi connectivity index (χ0n) is 16.3. The second-order valence-electron chi connectivity index (χ2n) is 6.63. The predicted octanol–water partition coefficient (Wildman–Crippen LogP) is 2.28. The molecule has 148 valence electrons. The van der Waals surface area contributed by atoms with Crippen LogP contribution < -0.4 is 20.7 Å². The lowest BCUT2D eigenvalue weighted by atomic mass is 10.2. The first-order valence-electron chi connectivity index (χ1n) is 9.01. The van der Waals surface area contributed by atoms with E-state index in [0.717, 1.165) is 10.1 Å². The topological polar surface area (TPSA) is 80.3 Å². The molecule has 0 amide bonds. The fourth-order valence-electron chi connectivity index (χ4n) is 3.19. The maximum Gasteiger partial charge on any atom is 0.332 e. The number of aryl methyl sites for hydroxylation is 1. The van der Waals surface area contributed by atoms with Crippen LogP contribution in [0.3, 0.4) is 0 Å². The Labute approximate surface area is 166 Å². The molecule has 2 aromatic heterocycles. The summed E-state index contributed by atoms with van der Waals surface area (Å²) in [7, 11) is 4.61. The first-order valence-corrected chi connectivity index (χ1v) is 9.01. The Hall–Kier alpha value is -3.81. The third kappa shape index (κ3) is 3.29. The number of imidazole rings is 1. The van der Waals surface area contributed by atoms with Crippen LogP contribution in [-0.2, 0) is 20.6 Å². The Kier molecular flexibility index (Phi) is 4.67. The lowest BCUT2D eigenvalue weighted by Crippen LogP contribution is -2.37. The van der Waals surface area contributed by atoms with Crippen molar-refractivity contribution in [3.63, 3.8) is 0 Å². The molecule has 0 fully saturated rings. The summed E-state index contributed by atoms with van der Waals surface area (Å²) in [5.41, 5.74) is 0.674. The maximum atomic E-state index is 12.9. The highest BCUT2D eigenvalue weighted by atomic mass is 16.5. The van der Waals surface area contributed by atoms with Gasteiger partial charge in [-0.2, -0.15) is 4.98 Å². The van der Waals surface area contributed by atoms with Crippen LogP contribution in [0.5, 0.6) is 17.5 Å². The van der Waals surface area contributed by atoms with Crippen LogP contribution in [0.15, 0.2) is 64.2 Å². The third-order valence-corrected chi connectivity index (χ3v) is 4.75. The Bertz CT molecular complexity index is 1300. The van der Waals surface area contributed by atoms with Gasteiger partial charge in [0.2, 0.25) is 0 Å². The van der Waals surface area contributed by atoms with Crippen molar-refractivity contribution < 1.29 is 9.47 Å². The van der Waals surface area contributed by atoms with E-state index >= 15 is 0 Å². The lowest BCUT2D eigenvalue weighted by molar-refractivity contribution is 0.398. The molecule has 0 aliphatic rings. The molecule has 0 N–H and O–H groups in total. The Morgan fingerprint density at radius 3 is 2.38 bits per heavy atom. The van der Waals surface area contributed by atoms with E-state index in [1.807, 2.05) is 30.3 Å². The summed E-state index contributed by atoms with van der Waals surface area (Å²) in [5.74, 6) is 1.15. The minimum atomic E-state index is -0.445. The van der Waals surface area contributed by atoms with E-state index in [-0.39, 0.29) is 11.7 Å². The average Bonchev–Trinajstić information content (AvgIpc) is 3.09. The zero-order valence-corrected chi connectivity index (χ0v) is 16.3. The summed E-state index contributed by atoms with van der Waals surface area (Å²) >= 11 is 0. The molecule has 29 heavy (non-hydrogen) atoms. The minimum Gasteiger partial charge on any atom is -0.497 e. The number of rotatable bonds is 5. The van der Waals surface area contributed by atoms with Gasteiger partial charge in [-0.3, -0.25) is 18.5 Å². The highest BCUT2D eigenvalue weighted by Crippen LogP contribution is 2.27. The molecule has 0 spiro atoms. The van der Waals surface area contributed by atoms with E-state index in [4.69, 9.17) is 9.47 Å². The van der Waals surface area contributed by atoms with Crippen molar-refractivity contribution in [1.29, 1.82) is 0 Å². The van der Waals surface area contributed by atoms with Crippen LogP contribution in [0, 0.1) is 0 Å². The molecule has 0 radical (unpaired) electrons. The van der Waals surface area contributed by atoms with Gasteiger partial charge in [0.1, 0.15) is 11.5 Å². The van der Waals surface area contributed by atoms with E-state index in [0.29, 0.717) is 23.6 Å². The standard InChI is InChI=1S/C21H20N4O4/c1-23-18-17(19(26)24(2)21(23)27)25(13-14-8-5-4-6-9-14)20(22-18)29-16-11-7-10-15(12-16)28-3/h4-12H,13H2,1-3H3. The fraction of sp³-hybridized carbons (Fsp3) is 0.190. The molecule has 0 unspecified atom stereocenters. The Morgan fingerprint density at radius 2 is 1.66 bits per heavy atom. The van der Waals surface area contributed by atoms with Crippen molar-refractivity contribution in [2.45, 2.75) is 6.54 Å². The van der Waals surface area contributed by atoms with Gasteiger partial charge in [0.25, 0.3) is 5.56 Å². The largest absolute Gasteiger partial charge is 0.497 e. The molecule has 0 aliphatic carbocycles. The number of methoxy groups -OCH3 is 1. The SMILES string of the molecule is COc1cccc(Oc2nc3c(c(=O)n(C)c(=O)n3C)n2Cc2ccccc2)c1. The Morgan fingerprint density at radius 1 is 0.931 bits per heavy atom. The summed E-state index contributed by atoms with van der Waals surface area (Å²) in [5, 5.41) is 0. The van der Waals surface area contributed by atoms with Gasteiger partial charge in [-0.1, -0.05) is 36.4 Å². The molecule has 0 atom stereocenters. The van der Waals surface area contributed by atoms with E-state index in [1.165, 1.54) is 11.6 Å². The third-order valence-electron chi connectivity index (χ3n) is 4.75. The van der Waals surface area contributed by atoms with E-state index in [9.17, 15) is 9.59 Å². The molecule has 4 aromatic rings. The second-order valence-corrected chi connectivity index (χ2v) is 6.63. The summed E-state index contributed by atoms with van der Waals surface area (Å²) in [6.07, 6.45) is 0. The van der Waals surface area contributed by atoms with E-state index in [1.54, 1.807) is 43.0 Å². The summed E-state index contributed by atoms with van der Waals surface area (Å²) in [4.78, 5) is 29.7. The first kappa shape index (κ1) is 18.5. The minimum absolute atomic E-state index is 0.218. The van der Waals surface area contributed by atoms with Crippen LogP contribution in [-0.4, -0.2) is 25.8 Å². The average molecular weight is 392 g/mol. The van der Waals surface area contributed by atoms with Crippen molar-refractivity contribution >= 4 is 11.2 Å². The molecule has 0 bridgehead atoms. The molecular weight excluding hydrogens is 372 g/mol. The quantitative estimate of drug-likeness (QED) is 0.521. The number of benzene rings is 2. The van der Waals surface area contributed by atoms with E-state index < -0.39 is 11.2 Å². The number of hydrogen-bond donors (Lipinski definition) is 0. The molecule has 0 aliphatic heterocycles. The van der Waals surface area contributed by atoms with Crippen LogP contribution in [0.1, 0.15) is 5.56 Å². The van der Waals surface area contributed by atoms with Crippen LogP contribution >= 0.6 is 0 Å². The van der Waals surface area contributed by atoms with Crippen molar-refractivity contribution in [2.75, 3.05) is 7.11 Å². The van der Waals surface area contributed by atoms with Gasteiger partial charge in [0, 0.05) is 20.2 Å². The van der Waals surface area contributed by atoms with Crippen molar-refractivity contribution in [3.8, 4) is 17.5 Å². The molecule has 0 saturated carbocycles. The zero-order chi connectivity index (χ0) is 20.5. The fourth-order valence-corrected chi connectivity index (χ4v) is 3.19. The summed E-state index contributed by atoms with van der Waals surface area (Å²) in [6, 6.07) is 17.0. The van der Waals surface area contributed by atoms with Gasteiger partial charge in [-0.25, -0.2) is 4.79 Å². The molecule has 2 heterocycles. The molecule has 2 aromatic carbocycles. The highest BCUT2D eigenvalue weighted by Gasteiger charge is 2.21. The van der Waals surface area contributed by atoms with E-state index in [2.05, 4.69) is 4.98 Å². The summed E-state index contributed by atoms with van der Waals surface area (Å²) in [6.45, 7) is 0.365. The van der Waals surface area contributed by atoms with Gasteiger partial charge in [-0.15, -0.1) is 0 Å². The number of fused-ring (bicyclic) bond motifs is 1. The maximum absolute atomic E-state index is 12.9. The molecular formula is C21H20N4O4. The van der Waals surface area contributed by atoms with Gasteiger partial charge >= 0.3 is 11.7 Å². The van der Waals surface area contributed by atoms with Crippen LogP contribution in [0.4, 0.5) is 0 Å². The number of nitrogens with zero attached hydrogens (tertiary/aromatic N) is 4. The molecule has 8 heteroatoms. The van der Waals surface area contributed by atoms with Crippen LogP contribution in [0.25, 0.3) is 11.2 Å².